The molecule has 0 bridgehead atoms. The summed E-state index contributed by atoms with van der Waals surface area (Å²) in [7, 11) is 0. The van der Waals surface area contributed by atoms with Crippen molar-refractivity contribution in [2.24, 2.45) is 0 Å². The molecule has 2 rings (SSSR count). The number of hydrogen-bond donors (Lipinski definition) is 1. The standard InChI is InChI=1S/C13H15NOS/c1-10-4-2-3-5-13(10)11(8-15)6-12-7-14-9-16-12/h2-5,7,9,11,15H,6,8H2,1H3. The molecule has 2 nitrogen and oxygen atoms in total. The van der Waals surface area contributed by atoms with Crippen molar-refractivity contribution in [2.45, 2.75) is 19.3 Å². The summed E-state index contributed by atoms with van der Waals surface area (Å²) in [5.41, 5.74) is 4.31. The van der Waals surface area contributed by atoms with Gasteiger partial charge < -0.3 is 5.11 Å². The van der Waals surface area contributed by atoms with Crippen LogP contribution in [0.15, 0.2) is 36.0 Å². The largest absolute Gasteiger partial charge is 0.396 e. The van der Waals surface area contributed by atoms with Crippen LogP contribution in [0.1, 0.15) is 21.9 Å². The third-order valence-corrected chi connectivity index (χ3v) is 3.58. The maximum atomic E-state index is 9.49. The van der Waals surface area contributed by atoms with E-state index in [9.17, 15) is 5.11 Å². The molecule has 84 valence electrons. The Hall–Kier alpha value is -1.19. The van der Waals surface area contributed by atoms with E-state index < -0.39 is 0 Å². The lowest BCUT2D eigenvalue weighted by molar-refractivity contribution is 0.264. The Balaban J connectivity index is 2.20. The SMILES string of the molecule is Cc1ccccc1C(CO)Cc1cncs1. The van der Waals surface area contributed by atoms with Gasteiger partial charge >= 0.3 is 0 Å². The molecule has 1 N–H and O–H groups in total. The van der Waals surface area contributed by atoms with Crippen LogP contribution < -0.4 is 0 Å². The highest BCUT2D eigenvalue weighted by atomic mass is 32.1. The van der Waals surface area contributed by atoms with Crippen LogP contribution in [0.5, 0.6) is 0 Å². The number of aliphatic hydroxyl groups is 1. The van der Waals surface area contributed by atoms with Crippen molar-refractivity contribution in [1.29, 1.82) is 0 Å². The highest BCUT2D eigenvalue weighted by Crippen LogP contribution is 2.24. The van der Waals surface area contributed by atoms with Gasteiger partial charge in [0, 0.05) is 17.0 Å². The van der Waals surface area contributed by atoms with Crippen LogP contribution in [0.3, 0.4) is 0 Å². The molecule has 1 aromatic carbocycles. The van der Waals surface area contributed by atoms with Crippen molar-refractivity contribution in [3.05, 3.63) is 52.0 Å². The van der Waals surface area contributed by atoms with Crippen LogP contribution >= 0.6 is 11.3 Å². The molecular weight excluding hydrogens is 218 g/mol. The summed E-state index contributed by atoms with van der Waals surface area (Å²) in [4.78, 5) is 5.29. The fraction of sp³-hybridized carbons (Fsp3) is 0.308. The maximum absolute atomic E-state index is 9.49. The van der Waals surface area contributed by atoms with Gasteiger partial charge in [-0.05, 0) is 24.5 Å². The lowest BCUT2D eigenvalue weighted by Crippen LogP contribution is -2.08. The average molecular weight is 233 g/mol. The normalized spacial score (nSPS) is 12.6. The molecule has 1 heterocycles. The van der Waals surface area contributed by atoms with Gasteiger partial charge in [0.25, 0.3) is 0 Å². The van der Waals surface area contributed by atoms with Gasteiger partial charge in [-0.3, -0.25) is 4.98 Å². The molecule has 0 fully saturated rings. The van der Waals surface area contributed by atoms with Gasteiger partial charge in [-0.25, -0.2) is 0 Å². The van der Waals surface area contributed by atoms with E-state index in [0.717, 1.165) is 6.42 Å². The lowest BCUT2D eigenvalue weighted by Gasteiger charge is -2.15. The second-order valence-corrected chi connectivity index (χ2v) is 4.88. The molecule has 1 unspecified atom stereocenters. The second-order valence-electron chi connectivity index (χ2n) is 3.91. The van der Waals surface area contributed by atoms with Crippen LogP contribution in [-0.2, 0) is 6.42 Å². The molecule has 2 aromatic rings. The van der Waals surface area contributed by atoms with Gasteiger partial charge in [0.05, 0.1) is 12.1 Å². The number of benzene rings is 1. The molecule has 0 spiro atoms. The van der Waals surface area contributed by atoms with E-state index in [1.54, 1.807) is 11.3 Å². The smallest absolute Gasteiger partial charge is 0.0794 e. The van der Waals surface area contributed by atoms with Crippen LogP contribution in [0.2, 0.25) is 0 Å². The minimum atomic E-state index is 0.182. The number of aryl methyl sites for hydroxylation is 1. The minimum Gasteiger partial charge on any atom is -0.396 e. The number of rotatable bonds is 4. The highest BCUT2D eigenvalue weighted by Gasteiger charge is 2.13. The topological polar surface area (TPSA) is 33.1 Å². The van der Waals surface area contributed by atoms with Gasteiger partial charge in [-0.1, -0.05) is 24.3 Å². The fourth-order valence-electron chi connectivity index (χ4n) is 1.90. The molecule has 1 atom stereocenters. The van der Waals surface area contributed by atoms with Gasteiger partial charge in [0.2, 0.25) is 0 Å². The summed E-state index contributed by atoms with van der Waals surface area (Å²) in [5, 5.41) is 9.49. The summed E-state index contributed by atoms with van der Waals surface area (Å²) in [6, 6.07) is 8.24. The van der Waals surface area contributed by atoms with E-state index in [4.69, 9.17) is 0 Å². The molecule has 0 aliphatic carbocycles. The Kier molecular flexibility index (Phi) is 3.70. The van der Waals surface area contributed by atoms with Crippen LogP contribution in [0.25, 0.3) is 0 Å². The highest BCUT2D eigenvalue weighted by molar-refractivity contribution is 7.09. The predicted molar refractivity (Wildman–Crippen MR) is 66.8 cm³/mol. The van der Waals surface area contributed by atoms with E-state index in [0.29, 0.717) is 0 Å². The Morgan fingerprint density at radius 1 is 1.38 bits per heavy atom. The van der Waals surface area contributed by atoms with E-state index in [1.807, 2.05) is 23.8 Å². The Bertz CT molecular complexity index is 439. The summed E-state index contributed by atoms with van der Waals surface area (Å²) in [6.07, 6.45) is 2.75. The monoisotopic (exact) mass is 233 g/mol. The van der Waals surface area contributed by atoms with E-state index in [-0.39, 0.29) is 12.5 Å². The first-order valence-corrected chi connectivity index (χ1v) is 6.23. The molecular formula is C13H15NOS. The average Bonchev–Trinajstić information content (AvgIpc) is 2.80. The number of aliphatic hydroxyl groups excluding tert-OH is 1. The first-order valence-electron chi connectivity index (χ1n) is 5.35. The van der Waals surface area contributed by atoms with E-state index in [1.165, 1.54) is 16.0 Å². The molecule has 3 heteroatoms. The van der Waals surface area contributed by atoms with Crippen molar-refractivity contribution < 1.29 is 5.11 Å². The molecule has 0 saturated carbocycles. The lowest BCUT2D eigenvalue weighted by atomic mass is 9.92. The number of nitrogens with zero attached hydrogens (tertiary/aromatic N) is 1. The van der Waals surface area contributed by atoms with Crippen molar-refractivity contribution in [3.63, 3.8) is 0 Å². The van der Waals surface area contributed by atoms with Crippen molar-refractivity contribution in [3.8, 4) is 0 Å². The molecule has 16 heavy (non-hydrogen) atoms. The number of aromatic nitrogens is 1. The molecule has 0 amide bonds. The van der Waals surface area contributed by atoms with Gasteiger partial charge in [-0.2, -0.15) is 0 Å². The molecule has 0 radical (unpaired) electrons. The number of thiazole rings is 1. The second kappa shape index (κ2) is 5.23. The van der Waals surface area contributed by atoms with Gasteiger partial charge in [-0.15, -0.1) is 11.3 Å². The van der Waals surface area contributed by atoms with Crippen LogP contribution in [-0.4, -0.2) is 16.7 Å². The van der Waals surface area contributed by atoms with Crippen molar-refractivity contribution in [2.75, 3.05) is 6.61 Å². The fourth-order valence-corrected chi connectivity index (χ4v) is 2.58. The summed E-state index contributed by atoms with van der Waals surface area (Å²) >= 11 is 1.64. The summed E-state index contributed by atoms with van der Waals surface area (Å²) in [5.74, 6) is 0.182. The molecule has 0 aliphatic rings. The van der Waals surface area contributed by atoms with Crippen molar-refractivity contribution >= 4 is 11.3 Å². The third kappa shape index (κ3) is 2.49. The van der Waals surface area contributed by atoms with Gasteiger partial charge in [0.15, 0.2) is 0 Å². The first kappa shape index (κ1) is 11.3. The number of hydrogen-bond acceptors (Lipinski definition) is 3. The zero-order chi connectivity index (χ0) is 11.4. The zero-order valence-electron chi connectivity index (χ0n) is 9.26. The molecule has 0 saturated heterocycles. The Morgan fingerprint density at radius 3 is 2.81 bits per heavy atom. The predicted octanol–water partition coefficient (Wildman–Crippen LogP) is 2.77. The Morgan fingerprint density at radius 2 is 2.19 bits per heavy atom. The Labute approximate surface area is 99.6 Å². The minimum absolute atomic E-state index is 0.182. The third-order valence-electron chi connectivity index (χ3n) is 2.78. The summed E-state index contributed by atoms with van der Waals surface area (Å²) in [6.45, 7) is 2.27. The van der Waals surface area contributed by atoms with Crippen LogP contribution in [0.4, 0.5) is 0 Å². The van der Waals surface area contributed by atoms with Crippen molar-refractivity contribution in [1.82, 2.24) is 4.98 Å². The van der Waals surface area contributed by atoms with Crippen LogP contribution in [0, 0.1) is 6.92 Å². The maximum Gasteiger partial charge on any atom is 0.0794 e. The summed E-state index contributed by atoms with van der Waals surface area (Å²) < 4.78 is 0. The van der Waals surface area contributed by atoms with E-state index in [2.05, 4.69) is 24.0 Å². The first-order chi connectivity index (χ1) is 7.81. The molecule has 1 aromatic heterocycles. The zero-order valence-corrected chi connectivity index (χ0v) is 10.1. The van der Waals surface area contributed by atoms with E-state index >= 15 is 0 Å². The molecule has 0 aliphatic heterocycles. The van der Waals surface area contributed by atoms with Gasteiger partial charge in [0.1, 0.15) is 0 Å². The quantitative estimate of drug-likeness (QED) is 0.881.